The lowest BCUT2D eigenvalue weighted by molar-refractivity contribution is -0.122. The van der Waals surface area contributed by atoms with Crippen molar-refractivity contribution in [2.24, 2.45) is 5.92 Å². The number of hydrogen-bond acceptors (Lipinski definition) is 3. The van der Waals surface area contributed by atoms with Crippen molar-refractivity contribution in [1.82, 2.24) is 5.32 Å². The molecule has 1 heterocycles. The van der Waals surface area contributed by atoms with E-state index in [0.29, 0.717) is 30.8 Å². The lowest BCUT2D eigenvalue weighted by Gasteiger charge is -2.25. The first-order valence-electron chi connectivity index (χ1n) is 6.68. The molecule has 3 heteroatoms. The highest BCUT2D eigenvalue weighted by Gasteiger charge is 2.20. The maximum atomic E-state index is 11.6. The summed E-state index contributed by atoms with van der Waals surface area (Å²) in [5.41, 5.74) is 0. The molecule has 1 N–H and O–H groups in total. The zero-order valence-electron chi connectivity index (χ0n) is 10.0. The summed E-state index contributed by atoms with van der Waals surface area (Å²) < 4.78 is 5.73. The Bertz CT molecular complexity index is 220. The molecule has 2 rings (SSSR count). The van der Waals surface area contributed by atoms with Crippen molar-refractivity contribution in [2.75, 3.05) is 19.7 Å². The first-order chi connectivity index (χ1) is 7.84. The Morgan fingerprint density at radius 3 is 2.56 bits per heavy atom. The van der Waals surface area contributed by atoms with E-state index in [2.05, 4.69) is 5.32 Å². The fraction of sp³-hybridized carbons (Fsp3) is 0.923. The van der Waals surface area contributed by atoms with Gasteiger partial charge in [-0.15, -0.1) is 0 Å². The maximum absolute atomic E-state index is 11.6. The van der Waals surface area contributed by atoms with Gasteiger partial charge in [-0.1, -0.05) is 19.3 Å². The molecule has 3 nitrogen and oxygen atoms in total. The number of Topliss-reactive ketones (excluding diaryl/α,β-unsaturated/α-hetero) is 1. The van der Waals surface area contributed by atoms with Crippen LogP contribution in [0, 0.1) is 5.92 Å². The van der Waals surface area contributed by atoms with Crippen LogP contribution in [0.1, 0.15) is 44.9 Å². The summed E-state index contributed by atoms with van der Waals surface area (Å²) in [6.45, 7) is 2.75. The third-order valence-corrected chi connectivity index (χ3v) is 3.76. The van der Waals surface area contributed by atoms with Crippen molar-refractivity contribution in [1.29, 1.82) is 0 Å². The van der Waals surface area contributed by atoms with Crippen LogP contribution in [-0.2, 0) is 9.53 Å². The number of rotatable bonds is 6. The number of carbonyl (C=O) groups excluding carboxylic acids is 1. The fourth-order valence-corrected chi connectivity index (χ4v) is 2.42. The summed E-state index contributed by atoms with van der Waals surface area (Å²) in [5, 5.41) is 3.31. The third kappa shape index (κ3) is 3.87. The highest BCUT2D eigenvalue weighted by molar-refractivity contribution is 5.78. The minimum Gasteiger partial charge on any atom is -0.378 e. The van der Waals surface area contributed by atoms with E-state index in [1.165, 1.54) is 19.3 Å². The summed E-state index contributed by atoms with van der Waals surface area (Å²) in [5.74, 6) is 1.10. The summed E-state index contributed by atoms with van der Waals surface area (Å²) in [6, 6.07) is 0. The van der Waals surface area contributed by atoms with Crippen LogP contribution in [0.25, 0.3) is 0 Å². The summed E-state index contributed by atoms with van der Waals surface area (Å²) in [4.78, 5) is 11.6. The fourth-order valence-electron chi connectivity index (χ4n) is 2.42. The first-order valence-corrected chi connectivity index (χ1v) is 6.68. The second-order valence-corrected chi connectivity index (χ2v) is 5.11. The van der Waals surface area contributed by atoms with Gasteiger partial charge in [0.25, 0.3) is 0 Å². The molecule has 16 heavy (non-hydrogen) atoms. The number of piperidine rings is 1. The highest BCUT2D eigenvalue weighted by Crippen LogP contribution is 2.29. The van der Waals surface area contributed by atoms with Gasteiger partial charge in [0.2, 0.25) is 0 Å². The van der Waals surface area contributed by atoms with Crippen molar-refractivity contribution in [2.45, 2.75) is 51.0 Å². The van der Waals surface area contributed by atoms with Crippen LogP contribution in [-0.4, -0.2) is 31.6 Å². The molecule has 1 saturated heterocycles. The number of ketones is 1. The van der Waals surface area contributed by atoms with E-state index in [1.54, 1.807) is 0 Å². The average molecular weight is 225 g/mol. The van der Waals surface area contributed by atoms with E-state index in [-0.39, 0.29) is 0 Å². The Kier molecular flexibility index (Phi) is 4.79. The van der Waals surface area contributed by atoms with Crippen molar-refractivity contribution in [3.63, 3.8) is 0 Å². The van der Waals surface area contributed by atoms with Crippen LogP contribution in [0.3, 0.4) is 0 Å². The minimum atomic E-state index is 0.387. The average Bonchev–Trinajstić information content (AvgIpc) is 2.25. The smallest absolute Gasteiger partial charge is 0.135 e. The number of nitrogens with one attached hydrogen (secondary N) is 1. The van der Waals surface area contributed by atoms with E-state index in [0.717, 1.165) is 32.4 Å². The summed E-state index contributed by atoms with van der Waals surface area (Å²) >= 11 is 0. The molecule has 92 valence electrons. The predicted octanol–water partition coefficient (Wildman–Crippen LogP) is 1.90. The number of carbonyl (C=O) groups is 1. The lowest BCUT2D eigenvalue weighted by Crippen LogP contribution is -2.32. The van der Waals surface area contributed by atoms with Crippen LogP contribution >= 0.6 is 0 Å². The van der Waals surface area contributed by atoms with Gasteiger partial charge in [-0.2, -0.15) is 0 Å². The van der Waals surface area contributed by atoms with Gasteiger partial charge in [0.05, 0.1) is 12.7 Å². The van der Waals surface area contributed by atoms with Crippen LogP contribution in [0.2, 0.25) is 0 Å². The molecular formula is C13H23NO2. The van der Waals surface area contributed by atoms with Crippen LogP contribution in [0.4, 0.5) is 0 Å². The van der Waals surface area contributed by atoms with Crippen LogP contribution in [0.5, 0.6) is 0 Å². The van der Waals surface area contributed by atoms with E-state index in [9.17, 15) is 4.79 Å². The van der Waals surface area contributed by atoms with Crippen LogP contribution in [0.15, 0.2) is 0 Å². The zero-order chi connectivity index (χ0) is 11.2. The summed E-state index contributed by atoms with van der Waals surface area (Å²) in [7, 11) is 0. The van der Waals surface area contributed by atoms with E-state index in [1.807, 2.05) is 0 Å². The molecule has 0 atom stereocenters. The standard InChI is InChI=1S/C13H23NO2/c15-12(10-11-2-1-3-11)6-9-16-13-4-7-14-8-5-13/h11,13-14H,1-10H2. The molecule has 0 aromatic heterocycles. The molecule has 1 saturated carbocycles. The molecule has 2 fully saturated rings. The summed E-state index contributed by atoms with van der Waals surface area (Å²) in [6.07, 6.45) is 7.85. The van der Waals surface area contributed by atoms with Crippen molar-refractivity contribution in [3.05, 3.63) is 0 Å². The van der Waals surface area contributed by atoms with E-state index in [4.69, 9.17) is 4.74 Å². The molecule has 0 aromatic carbocycles. The molecule has 0 amide bonds. The topological polar surface area (TPSA) is 38.3 Å². The maximum Gasteiger partial charge on any atom is 0.135 e. The van der Waals surface area contributed by atoms with Gasteiger partial charge < -0.3 is 10.1 Å². The van der Waals surface area contributed by atoms with Gasteiger partial charge in [-0.3, -0.25) is 4.79 Å². The van der Waals surface area contributed by atoms with Crippen molar-refractivity contribution in [3.8, 4) is 0 Å². The van der Waals surface area contributed by atoms with Gasteiger partial charge in [0.1, 0.15) is 5.78 Å². The molecule has 0 spiro atoms. The largest absolute Gasteiger partial charge is 0.378 e. The van der Waals surface area contributed by atoms with Gasteiger partial charge in [-0.25, -0.2) is 0 Å². The van der Waals surface area contributed by atoms with E-state index < -0.39 is 0 Å². The quantitative estimate of drug-likeness (QED) is 0.750. The Labute approximate surface area is 97.9 Å². The minimum absolute atomic E-state index is 0.387. The normalized spacial score (nSPS) is 23.0. The molecule has 0 aromatic rings. The molecular weight excluding hydrogens is 202 g/mol. The monoisotopic (exact) mass is 225 g/mol. The molecule has 1 aliphatic heterocycles. The van der Waals surface area contributed by atoms with Gasteiger partial charge in [-0.05, 0) is 31.8 Å². The Morgan fingerprint density at radius 1 is 1.19 bits per heavy atom. The highest BCUT2D eigenvalue weighted by atomic mass is 16.5. The van der Waals surface area contributed by atoms with E-state index >= 15 is 0 Å². The Balaban J connectivity index is 1.51. The predicted molar refractivity (Wildman–Crippen MR) is 63.4 cm³/mol. The number of hydrogen-bond donors (Lipinski definition) is 1. The molecule has 0 radical (unpaired) electrons. The second kappa shape index (κ2) is 6.36. The molecule has 2 aliphatic rings. The SMILES string of the molecule is O=C(CCOC1CCNCC1)CC1CCC1. The second-order valence-electron chi connectivity index (χ2n) is 5.11. The Hall–Kier alpha value is -0.410. The van der Waals surface area contributed by atoms with Crippen molar-refractivity contribution < 1.29 is 9.53 Å². The van der Waals surface area contributed by atoms with Crippen molar-refractivity contribution >= 4 is 5.78 Å². The van der Waals surface area contributed by atoms with Gasteiger partial charge >= 0.3 is 0 Å². The molecule has 1 aliphatic carbocycles. The Morgan fingerprint density at radius 2 is 1.94 bits per heavy atom. The molecule has 0 bridgehead atoms. The van der Waals surface area contributed by atoms with Crippen LogP contribution < -0.4 is 5.32 Å². The lowest BCUT2D eigenvalue weighted by atomic mass is 9.81. The van der Waals surface area contributed by atoms with Gasteiger partial charge in [0.15, 0.2) is 0 Å². The number of ether oxygens (including phenoxy) is 1. The zero-order valence-corrected chi connectivity index (χ0v) is 10.0. The first kappa shape index (κ1) is 12.1. The molecule has 0 unspecified atom stereocenters. The third-order valence-electron chi connectivity index (χ3n) is 3.76. The van der Waals surface area contributed by atoms with Gasteiger partial charge in [0, 0.05) is 12.8 Å².